The average Bonchev–Trinajstić information content (AvgIpc) is 2.47. The second-order valence-electron chi connectivity index (χ2n) is 4.93. The van der Waals surface area contributed by atoms with Crippen LogP contribution in [0.15, 0.2) is 35.4 Å². The van der Waals surface area contributed by atoms with Crippen molar-refractivity contribution in [2.75, 3.05) is 19.6 Å². The molecule has 0 bridgehead atoms. The van der Waals surface area contributed by atoms with Crippen molar-refractivity contribution in [3.8, 4) is 0 Å². The van der Waals surface area contributed by atoms with Gasteiger partial charge in [0, 0.05) is 24.7 Å². The molecule has 0 saturated carbocycles. The molecule has 2 aromatic rings. The van der Waals surface area contributed by atoms with E-state index in [2.05, 4.69) is 21.9 Å². The van der Waals surface area contributed by atoms with Gasteiger partial charge in [0.15, 0.2) is 0 Å². The fraction of sp³-hybridized carbons (Fsp3) is 0.400. The smallest absolute Gasteiger partial charge is 0.241 e. The van der Waals surface area contributed by atoms with E-state index >= 15 is 0 Å². The van der Waals surface area contributed by atoms with E-state index in [0.29, 0.717) is 18.5 Å². The average molecular weight is 344 g/mol. The van der Waals surface area contributed by atoms with Crippen molar-refractivity contribution in [2.24, 2.45) is 0 Å². The standard InChI is InChI=1S/C15H21N3O2S.ClH/c1-3-8-16-10-11-18-21(19,20)14-7-6-12(2)15-13(14)5-4-9-17-15;/h4-7,9,16,18H,3,8,10-11H2,1-2H3;1H. The van der Waals surface area contributed by atoms with Crippen LogP contribution in [0.2, 0.25) is 0 Å². The summed E-state index contributed by atoms with van der Waals surface area (Å²) in [6.45, 7) is 5.88. The van der Waals surface area contributed by atoms with Crippen LogP contribution in [0, 0.1) is 6.92 Å². The molecule has 1 heterocycles. The second-order valence-corrected chi connectivity index (χ2v) is 6.66. The van der Waals surface area contributed by atoms with Gasteiger partial charge < -0.3 is 5.32 Å². The molecule has 22 heavy (non-hydrogen) atoms. The Morgan fingerprint density at radius 3 is 2.64 bits per heavy atom. The first-order chi connectivity index (χ1) is 10.1. The van der Waals surface area contributed by atoms with Gasteiger partial charge in [0.25, 0.3) is 0 Å². The van der Waals surface area contributed by atoms with Crippen molar-refractivity contribution >= 4 is 33.3 Å². The molecular formula is C15H22ClN3O2S. The monoisotopic (exact) mass is 343 g/mol. The molecule has 122 valence electrons. The van der Waals surface area contributed by atoms with Gasteiger partial charge in [-0.2, -0.15) is 0 Å². The molecule has 0 unspecified atom stereocenters. The molecule has 0 spiro atoms. The molecule has 0 saturated heterocycles. The number of fused-ring (bicyclic) bond motifs is 1. The lowest BCUT2D eigenvalue weighted by Gasteiger charge is -2.11. The molecule has 7 heteroatoms. The van der Waals surface area contributed by atoms with Crippen LogP contribution in [-0.2, 0) is 10.0 Å². The lowest BCUT2D eigenvalue weighted by Crippen LogP contribution is -2.32. The Bertz CT molecular complexity index is 720. The Labute approximate surface area is 138 Å². The van der Waals surface area contributed by atoms with Crippen molar-refractivity contribution in [3.05, 3.63) is 36.0 Å². The van der Waals surface area contributed by atoms with Gasteiger partial charge in [0.2, 0.25) is 10.0 Å². The van der Waals surface area contributed by atoms with Crippen LogP contribution in [0.4, 0.5) is 0 Å². The quantitative estimate of drug-likeness (QED) is 0.756. The third-order valence-corrected chi connectivity index (χ3v) is 4.76. The number of aryl methyl sites for hydroxylation is 1. The Hall–Kier alpha value is -1.21. The highest BCUT2D eigenvalue weighted by atomic mass is 35.5. The first-order valence-corrected chi connectivity index (χ1v) is 8.59. The summed E-state index contributed by atoms with van der Waals surface area (Å²) in [4.78, 5) is 4.56. The van der Waals surface area contributed by atoms with Crippen molar-refractivity contribution in [3.63, 3.8) is 0 Å². The maximum Gasteiger partial charge on any atom is 0.241 e. The van der Waals surface area contributed by atoms with E-state index in [9.17, 15) is 8.42 Å². The molecule has 0 aliphatic carbocycles. The molecule has 2 N–H and O–H groups in total. The summed E-state index contributed by atoms with van der Waals surface area (Å²) >= 11 is 0. The third-order valence-electron chi connectivity index (χ3n) is 3.24. The first-order valence-electron chi connectivity index (χ1n) is 7.11. The third kappa shape index (κ3) is 4.39. The fourth-order valence-electron chi connectivity index (χ4n) is 2.18. The summed E-state index contributed by atoms with van der Waals surface area (Å²) < 4.78 is 27.5. The van der Waals surface area contributed by atoms with E-state index in [0.717, 1.165) is 24.0 Å². The number of rotatable bonds is 7. The Morgan fingerprint density at radius 1 is 1.14 bits per heavy atom. The van der Waals surface area contributed by atoms with Crippen molar-refractivity contribution < 1.29 is 8.42 Å². The Morgan fingerprint density at radius 2 is 1.91 bits per heavy atom. The Kier molecular flexibility index (Phi) is 7.22. The van der Waals surface area contributed by atoms with E-state index in [1.807, 2.05) is 6.92 Å². The van der Waals surface area contributed by atoms with Crippen molar-refractivity contribution in [2.45, 2.75) is 25.2 Å². The minimum atomic E-state index is -3.52. The highest BCUT2D eigenvalue weighted by Gasteiger charge is 2.17. The van der Waals surface area contributed by atoms with E-state index in [1.54, 1.807) is 30.5 Å². The van der Waals surface area contributed by atoms with Gasteiger partial charge in [-0.25, -0.2) is 13.1 Å². The minimum absolute atomic E-state index is 0. The SMILES string of the molecule is CCCNCCNS(=O)(=O)c1ccc(C)c2ncccc12.Cl. The van der Waals surface area contributed by atoms with Crippen LogP contribution >= 0.6 is 12.4 Å². The minimum Gasteiger partial charge on any atom is -0.315 e. The zero-order valence-corrected chi connectivity index (χ0v) is 14.4. The predicted molar refractivity (Wildman–Crippen MR) is 92.1 cm³/mol. The van der Waals surface area contributed by atoms with E-state index in [-0.39, 0.29) is 17.3 Å². The van der Waals surface area contributed by atoms with Gasteiger partial charge in [-0.3, -0.25) is 4.98 Å². The number of aromatic nitrogens is 1. The number of benzene rings is 1. The molecule has 1 aromatic heterocycles. The molecular weight excluding hydrogens is 322 g/mol. The van der Waals surface area contributed by atoms with Gasteiger partial charge >= 0.3 is 0 Å². The molecule has 0 fully saturated rings. The first kappa shape index (κ1) is 18.8. The maximum atomic E-state index is 12.4. The number of pyridine rings is 1. The molecule has 0 aliphatic heterocycles. The fourth-order valence-corrected chi connectivity index (χ4v) is 3.40. The summed E-state index contributed by atoms with van der Waals surface area (Å²) in [6.07, 6.45) is 2.70. The summed E-state index contributed by atoms with van der Waals surface area (Å²) in [7, 11) is -3.52. The zero-order chi connectivity index (χ0) is 15.3. The molecule has 0 atom stereocenters. The normalized spacial score (nSPS) is 11.4. The molecule has 5 nitrogen and oxygen atoms in total. The van der Waals surface area contributed by atoms with Gasteiger partial charge in [0.1, 0.15) is 0 Å². The van der Waals surface area contributed by atoms with E-state index in [1.165, 1.54) is 0 Å². The maximum absolute atomic E-state index is 12.4. The van der Waals surface area contributed by atoms with Crippen LogP contribution in [0.5, 0.6) is 0 Å². The van der Waals surface area contributed by atoms with Crippen LogP contribution < -0.4 is 10.0 Å². The molecule has 0 aliphatic rings. The van der Waals surface area contributed by atoms with Crippen LogP contribution in [0.1, 0.15) is 18.9 Å². The van der Waals surface area contributed by atoms with Crippen molar-refractivity contribution in [1.82, 2.24) is 15.0 Å². The highest BCUT2D eigenvalue weighted by molar-refractivity contribution is 7.89. The lowest BCUT2D eigenvalue weighted by atomic mass is 10.1. The van der Waals surface area contributed by atoms with Crippen LogP contribution in [0.3, 0.4) is 0 Å². The molecule has 0 amide bonds. The molecule has 1 aromatic carbocycles. The number of hydrogen-bond donors (Lipinski definition) is 2. The van der Waals surface area contributed by atoms with Gasteiger partial charge in [-0.15, -0.1) is 12.4 Å². The van der Waals surface area contributed by atoms with Gasteiger partial charge in [-0.1, -0.05) is 13.0 Å². The topological polar surface area (TPSA) is 71.1 Å². The van der Waals surface area contributed by atoms with Gasteiger partial charge in [0.05, 0.1) is 10.4 Å². The highest BCUT2D eigenvalue weighted by Crippen LogP contribution is 2.23. The number of nitrogens with zero attached hydrogens (tertiary/aromatic N) is 1. The number of sulfonamides is 1. The number of nitrogens with one attached hydrogen (secondary N) is 2. The van der Waals surface area contributed by atoms with Crippen molar-refractivity contribution in [1.29, 1.82) is 0 Å². The van der Waals surface area contributed by atoms with Crippen LogP contribution in [0.25, 0.3) is 10.9 Å². The number of halogens is 1. The molecule has 2 rings (SSSR count). The predicted octanol–water partition coefficient (Wildman–Crippen LogP) is 2.24. The van der Waals surface area contributed by atoms with E-state index < -0.39 is 10.0 Å². The number of hydrogen-bond acceptors (Lipinski definition) is 4. The Balaban J connectivity index is 0.00000242. The summed E-state index contributed by atoms with van der Waals surface area (Å²) in [6, 6.07) is 6.98. The largest absolute Gasteiger partial charge is 0.315 e. The summed E-state index contributed by atoms with van der Waals surface area (Å²) in [5, 5.41) is 3.82. The van der Waals surface area contributed by atoms with E-state index in [4.69, 9.17) is 0 Å². The van der Waals surface area contributed by atoms with Gasteiger partial charge in [-0.05, 0) is 43.7 Å². The summed E-state index contributed by atoms with van der Waals surface area (Å²) in [5.41, 5.74) is 1.69. The zero-order valence-electron chi connectivity index (χ0n) is 12.8. The molecule has 0 radical (unpaired) electrons. The summed E-state index contributed by atoms with van der Waals surface area (Å²) in [5.74, 6) is 0. The lowest BCUT2D eigenvalue weighted by molar-refractivity contribution is 0.576. The van der Waals surface area contributed by atoms with Crippen LogP contribution in [-0.4, -0.2) is 33.0 Å². The second kappa shape index (κ2) is 8.43.